The number of thiophene rings is 1. The molecule has 3 heterocycles. The number of fused-ring (bicyclic) bond motifs is 1. The number of halogens is 2. The molecule has 3 aromatic heterocycles. The van der Waals surface area contributed by atoms with Gasteiger partial charge in [-0.25, -0.2) is 4.39 Å². The molecule has 1 saturated carbocycles. The van der Waals surface area contributed by atoms with E-state index in [1.165, 1.54) is 0 Å². The minimum Gasteiger partial charge on any atom is -0.363 e. The number of hydrogen-bond acceptors (Lipinski definition) is 7. The summed E-state index contributed by atoms with van der Waals surface area (Å²) in [6.07, 6.45) is 5.79. The summed E-state index contributed by atoms with van der Waals surface area (Å²) in [5, 5.41) is 15.4. The fourth-order valence-corrected chi connectivity index (χ4v) is 4.90. The lowest BCUT2D eigenvalue weighted by atomic mass is 10.1. The second kappa shape index (κ2) is 7.13. The van der Waals surface area contributed by atoms with Gasteiger partial charge in [-0.05, 0) is 64.5 Å². The molecule has 1 fully saturated rings. The molecule has 0 spiro atoms. The summed E-state index contributed by atoms with van der Waals surface area (Å²) >= 11 is 5.17. The Morgan fingerprint density at radius 3 is 2.81 bits per heavy atom. The lowest BCUT2D eigenvalue weighted by molar-refractivity contribution is 0.270. The van der Waals surface area contributed by atoms with E-state index in [0.29, 0.717) is 38.0 Å². The number of nitrogens with one attached hydrogen (secondary N) is 1. The summed E-state index contributed by atoms with van der Waals surface area (Å²) in [5.41, 5.74) is 6.98. The van der Waals surface area contributed by atoms with Crippen LogP contribution in [0.3, 0.4) is 0 Å². The predicted molar refractivity (Wildman–Crippen MR) is 104 cm³/mol. The molecule has 26 heavy (non-hydrogen) atoms. The number of aromatic nitrogens is 4. The zero-order valence-corrected chi connectivity index (χ0v) is 16.4. The van der Waals surface area contributed by atoms with E-state index >= 15 is 0 Å². The molecule has 0 aromatic carbocycles. The first kappa shape index (κ1) is 17.7. The van der Waals surface area contributed by atoms with Crippen LogP contribution in [0.25, 0.3) is 10.2 Å². The third kappa shape index (κ3) is 3.84. The first-order chi connectivity index (χ1) is 12.5. The van der Waals surface area contributed by atoms with Crippen LogP contribution in [0.2, 0.25) is 0 Å². The van der Waals surface area contributed by atoms with Gasteiger partial charge in [0.1, 0.15) is 15.9 Å². The maximum Gasteiger partial charge on any atom is 0.170 e. The molecule has 0 unspecified atom stereocenters. The smallest absolute Gasteiger partial charge is 0.170 e. The highest BCUT2D eigenvalue weighted by Crippen LogP contribution is 2.44. The molecule has 0 amide bonds. The van der Waals surface area contributed by atoms with Crippen molar-refractivity contribution < 1.29 is 4.39 Å². The zero-order valence-electron chi connectivity index (χ0n) is 14.0. The first-order valence-corrected chi connectivity index (χ1v) is 10.0. The van der Waals surface area contributed by atoms with E-state index in [2.05, 4.69) is 41.6 Å². The van der Waals surface area contributed by atoms with E-state index in [4.69, 9.17) is 5.73 Å². The molecule has 1 aliphatic carbocycles. The Hall–Kier alpha value is -1.71. The molecule has 136 valence electrons. The highest BCUT2D eigenvalue weighted by atomic mass is 79.9. The minimum absolute atomic E-state index is 0.207. The zero-order chi connectivity index (χ0) is 18.1. The lowest BCUT2D eigenvalue weighted by Gasteiger charge is -2.12. The van der Waals surface area contributed by atoms with Gasteiger partial charge in [-0.15, -0.1) is 21.5 Å². The van der Waals surface area contributed by atoms with Crippen LogP contribution in [-0.4, -0.2) is 32.1 Å². The largest absolute Gasteiger partial charge is 0.363 e. The molecule has 3 aromatic rings. The highest BCUT2D eigenvalue weighted by Gasteiger charge is 2.44. The van der Waals surface area contributed by atoms with Gasteiger partial charge in [0.25, 0.3) is 0 Å². The number of alkyl halides is 1. The Labute approximate surface area is 162 Å². The lowest BCUT2D eigenvalue weighted by Crippen LogP contribution is -2.27. The fourth-order valence-electron chi connectivity index (χ4n) is 2.91. The average molecular weight is 437 g/mol. The Kier molecular flexibility index (Phi) is 4.85. The van der Waals surface area contributed by atoms with Crippen molar-refractivity contribution in [1.29, 1.82) is 0 Å². The van der Waals surface area contributed by atoms with E-state index in [1.54, 1.807) is 23.7 Å². The molecule has 9 heteroatoms. The van der Waals surface area contributed by atoms with Gasteiger partial charge in [-0.2, -0.15) is 0 Å². The number of pyridine rings is 1. The second-order valence-corrected chi connectivity index (χ2v) is 8.58. The van der Waals surface area contributed by atoms with Gasteiger partial charge in [-0.3, -0.25) is 4.98 Å². The van der Waals surface area contributed by atoms with Crippen LogP contribution in [0, 0.1) is 0 Å². The standard InChI is InChI=1S/C17H18BrFN6S/c18-13-12(7-11(20)8-17(19)3-4-17)26-15-14(13)23-25-24-16(15)22-9-10-1-5-21-6-2-10/h1-2,5-6,11H,3-4,7-9,20H2,(H,22,23,24)/t11-/m1/s1. The van der Waals surface area contributed by atoms with Crippen molar-refractivity contribution in [2.45, 2.75) is 43.9 Å². The topological polar surface area (TPSA) is 89.6 Å². The van der Waals surface area contributed by atoms with Gasteiger partial charge in [0.2, 0.25) is 0 Å². The third-order valence-corrected chi connectivity index (χ3v) is 6.80. The van der Waals surface area contributed by atoms with Crippen molar-refractivity contribution in [2.75, 3.05) is 5.32 Å². The first-order valence-electron chi connectivity index (χ1n) is 8.41. The SMILES string of the molecule is N[C@H](Cc1sc2c(NCc3ccncc3)nnnc2c1Br)CC1(F)CC1. The number of rotatable bonds is 7. The van der Waals surface area contributed by atoms with E-state index < -0.39 is 5.67 Å². The molecule has 3 N–H and O–H groups in total. The summed E-state index contributed by atoms with van der Waals surface area (Å²) in [6.45, 7) is 0.616. The van der Waals surface area contributed by atoms with Gasteiger partial charge in [0.15, 0.2) is 5.82 Å². The monoisotopic (exact) mass is 436 g/mol. The molecule has 4 rings (SSSR count). The molecule has 0 bridgehead atoms. The van der Waals surface area contributed by atoms with Crippen molar-refractivity contribution in [1.82, 2.24) is 20.4 Å². The Morgan fingerprint density at radius 2 is 2.08 bits per heavy atom. The van der Waals surface area contributed by atoms with Gasteiger partial charge < -0.3 is 11.1 Å². The van der Waals surface area contributed by atoms with Crippen LogP contribution in [0.5, 0.6) is 0 Å². The molecule has 1 aliphatic rings. The molecule has 6 nitrogen and oxygen atoms in total. The van der Waals surface area contributed by atoms with E-state index in [0.717, 1.165) is 25.1 Å². The Balaban J connectivity index is 1.54. The molecule has 0 saturated heterocycles. The fraction of sp³-hybridized carbons (Fsp3) is 0.412. The number of nitrogens with two attached hydrogens (primary N) is 1. The summed E-state index contributed by atoms with van der Waals surface area (Å²) in [4.78, 5) is 5.06. The van der Waals surface area contributed by atoms with Gasteiger partial charge in [0, 0.05) is 29.9 Å². The Bertz CT molecular complexity index is 914. The number of hydrogen-bond donors (Lipinski definition) is 2. The Morgan fingerprint density at radius 1 is 1.31 bits per heavy atom. The van der Waals surface area contributed by atoms with Crippen molar-refractivity contribution in [3.05, 3.63) is 39.4 Å². The van der Waals surface area contributed by atoms with Gasteiger partial charge in [-0.1, -0.05) is 0 Å². The molecular weight excluding hydrogens is 419 g/mol. The van der Waals surface area contributed by atoms with Crippen LogP contribution in [0.15, 0.2) is 29.0 Å². The van der Waals surface area contributed by atoms with Crippen molar-refractivity contribution in [2.24, 2.45) is 5.73 Å². The van der Waals surface area contributed by atoms with Crippen molar-refractivity contribution in [3.63, 3.8) is 0 Å². The number of anilines is 1. The summed E-state index contributed by atoms with van der Waals surface area (Å²) in [7, 11) is 0. The maximum absolute atomic E-state index is 13.9. The average Bonchev–Trinajstić information content (AvgIpc) is 3.27. The van der Waals surface area contributed by atoms with Crippen molar-refractivity contribution >= 4 is 43.3 Å². The summed E-state index contributed by atoms with van der Waals surface area (Å²) in [6, 6.07) is 3.68. The van der Waals surface area contributed by atoms with Crippen LogP contribution >= 0.6 is 27.3 Å². The number of nitrogens with zero attached hydrogens (tertiary/aromatic N) is 4. The summed E-state index contributed by atoms with van der Waals surface area (Å²) in [5.74, 6) is 0.682. The molecule has 0 radical (unpaired) electrons. The van der Waals surface area contributed by atoms with E-state index in [-0.39, 0.29) is 6.04 Å². The minimum atomic E-state index is -1.04. The van der Waals surface area contributed by atoms with E-state index in [1.807, 2.05) is 12.1 Å². The third-order valence-electron chi connectivity index (χ3n) is 4.48. The van der Waals surface area contributed by atoms with Crippen LogP contribution in [0.1, 0.15) is 29.7 Å². The van der Waals surface area contributed by atoms with E-state index in [9.17, 15) is 4.39 Å². The van der Waals surface area contributed by atoms with Crippen LogP contribution in [-0.2, 0) is 13.0 Å². The molecule has 0 aliphatic heterocycles. The summed E-state index contributed by atoms with van der Waals surface area (Å²) < 4.78 is 15.7. The van der Waals surface area contributed by atoms with Crippen LogP contribution in [0.4, 0.5) is 10.2 Å². The van der Waals surface area contributed by atoms with Gasteiger partial charge in [0.05, 0.1) is 4.47 Å². The van der Waals surface area contributed by atoms with Crippen molar-refractivity contribution in [3.8, 4) is 0 Å². The molecule has 1 atom stereocenters. The van der Waals surface area contributed by atoms with Gasteiger partial charge >= 0.3 is 0 Å². The second-order valence-electron chi connectivity index (χ2n) is 6.68. The molecular formula is C17H18BrFN6S. The van der Waals surface area contributed by atoms with Crippen LogP contribution < -0.4 is 11.1 Å². The normalized spacial score (nSPS) is 16.6. The maximum atomic E-state index is 13.9. The predicted octanol–water partition coefficient (Wildman–Crippen LogP) is 3.62. The quantitative estimate of drug-likeness (QED) is 0.587. The highest BCUT2D eigenvalue weighted by molar-refractivity contribution is 9.10.